The van der Waals surface area contributed by atoms with Gasteiger partial charge in [-0.2, -0.15) is 0 Å². The Hall–Kier alpha value is -2.16. The second-order valence-electron chi connectivity index (χ2n) is 6.78. The lowest BCUT2D eigenvalue weighted by Crippen LogP contribution is -2.33. The molecule has 1 aliphatic heterocycles. The number of hydrogen-bond acceptors (Lipinski definition) is 2. The van der Waals surface area contributed by atoms with Crippen molar-refractivity contribution < 1.29 is 9.59 Å². The minimum Gasteiger partial charge on any atom is -0.282 e. The second kappa shape index (κ2) is 5.80. The molecule has 1 aromatic carbocycles. The molecule has 4 atom stereocenters. The average Bonchev–Trinajstić information content (AvgIpc) is 3.24. The predicted octanol–water partition coefficient (Wildman–Crippen LogP) is 2.98. The SMILES string of the molecule is O=C1C2C3C=CC(C3)C2C(=O)N1CCC=CCc1ccccc1. The number of likely N-dealkylation sites (tertiary alicyclic amines) is 1. The van der Waals surface area contributed by atoms with Crippen LogP contribution in [0.1, 0.15) is 18.4 Å². The van der Waals surface area contributed by atoms with E-state index in [0.29, 0.717) is 18.4 Å². The molecule has 0 radical (unpaired) electrons. The maximum Gasteiger partial charge on any atom is 0.233 e. The molecule has 2 aliphatic carbocycles. The number of hydrogen-bond donors (Lipinski definition) is 0. The molecule has 23 heavy (non-hydrogen) atoms. The summed E-state index contributed by atoms with van der Waals surface area (Å²) in [6.07, 6.45) is 11.1. The number of fused-ring (bicyclic) bond motifs is 5. The second-order valence-corrected chi connectivity index (χ2v) is 6.78. The van der Waals surface area contributed by atoms with Crippen molar-refractivity contribution in [1.82, 2.24) is 4.90 Å². The van der Waals surface area contributed by atoms with Crippen LogP contribution in [0.25, 0.3) is 0 Å². The lowest BCUT2D eigenvalue weighted by atomic mass is 9.85. The van der Waals surface area contributed by atoms with Gasteiger partial charge in [-0.3, -0.25) is 14.5 Å². The molecule has 1 saturated heterocycles. The van der Waals surface area contributed by atoms with Gasteiger partial charge in [0, 0.05) is 6.54 Å². The Balaban J connectivity index is 1.32. The third-order valence-electron chi connectivity index (χ3n) is 5.44. The number of imide groups is 1. The summed E-state index contributed by atoms with van der Waals surface area (Å²) in [5, 5.41) is 0. The first kappa shape index (κ1) is 14.4. The van der Waals surface area contributed by atoms with Crippen LogP contribution in [-0.4, -0.2) is 23.3 Å². The fourth-order valence-corrected chi connectivity index (χ4v) is 4.34. The lowest BCUT2D eigenvalue weighted by molar-refractivity contribution is -0.140. The molecular weight excluding hydrogens is 286 g/mol. The molecule has 0 aromatic heterocycles. The maximum absolute atomic E-state index is 12.5. The third-order valence-corrected chi connectivity index (χ3v) is 5.44. The van der Waals surface area contributed by atoms with Crippen molar-refractivity contribution in [2.24, 2.45) is 23.7 Å². The van der Waals surface area contributed by atoms with E-state index in [0.717, 1.165) is 19.3 Å². The van der Waals surface area contributed by atoms with Crippen LogP contribution in [0, 0.1) is 23.7 Å². The van der Waals surface area contributed by atoms with Gasteiger partial charge in [-0.25, -0.2) is 0 Å². The highest BCUT2D eigenvalue weighted by Gasteiger charge is 2.58. The van der Waals surface area contributed by atoms with Crippen molar-refractivity contribution >= 4 is 11.8 Å². The molecular formula is C20H21NO2. The van der Waals surface area contributed by atoms with Crippen LogP contribution in [0.5, 0.6) is 0 Å². The maximum atomic E-state index is 12.5. The van der Waals surface area contributed by atoms with Crippen LogP contribution in [0.2, 0.25) is 0 Å². The van der Waals surface area contributed by atoms with E-state index in [9.17, 15) is 9.59 Å². The zero-order valence-corrected chi connectivity index (χ0v) is 13.1. The Morgan fingerprint density at radius 2 is 1.61 bits per heavy atom. The summed E-state index contributed by atoms with van der Waals surface area (Å²) in [7, 11) is 0. The van der Waals surface area contributed by atoms with E-state index in [2.05, 4.69) is 36.4 Å². The van der Waals surface area contributed by atoms with Crippen molar-refractivity contribution in [3.8, 4) is 0 Å². The number of carbonyl (C=O) groups is 2. The van der Waals surface area contributed by atoms with Gasteiger partial charge in [0.05, 0.1) is 11.8 Å². The third kappa shape index (κ3) is 2.44. The Morgan fingerprint density at radius 3 is 2.26 bits per heavy atom. The van der Waals surface area contributed by atoms with Gasteiger partial charge in [0.2, 0.25) is 11.8 Å². The topological polar surface area (TPSA) is 37.4 Å². The fraction of sp³-hybridized carbons (Fsp3) is 0.400. The fourth-order valence-electron chi connectivity index (χ4n) is 4.34. The number of benzene rings is 1. The minimum absolute atomic E-state index is 0.0632. The number of nitrogens with zero attached hydrogens (tertiary/aromatic N) is 1. The predicted molar refractivity (Wildman–Crippen MR) is 88.3 cm³/mol. The number of amides is 2. The molecule has 4 rings (SSSR count). The summed E-state index contributed by atoms with van der Waals surface area (Å²) >= 11 is 0. The molecule has 1 heterocycles. The van der Waals surface area contributed by atoms with Crippen molar-refractivity contribution in [1.29, 1.82) is 0 Å². The largest absolute Gasteiger partial charge is 0.282 e. The summed E-state index contributed by atoms with van der Waals surface area (Å²) in [6, 6.07) is 10.3. The van der Waals surface area contributed by atoms with E-state index in [1.807, 2.05) is 18.2 Å². The van der Waals surface area contributed by atoms with Crippen LogP contribution in [0.3, 0.4) is 0 Å². The van der Waals surface area contributed by atoms with Crippen LogP contribution in [0.15, 0.2) is 54.6 Å². The zero-order valence-electron chi connectivity index (χ0n) is 13.1. The smallest absolute Gasteiger partial charge is 0.233 e. The molecule has 0 N–H and O–H groups in total. The van der Waals surface area contributed by atoms with Gasteiger partial charge in [-0.1, -0.05) is 54.6 Å². The van der Waals surface area contributed by atoms with E-state index >= 15 is 0 Å². The Kier molecular flexibility index (Phi) is 3.64. The molecule has 1 aromatic rings. The van der Waals surface area contributed by atoms with E-state index in [4.69, 9.17) is 0 Å². The molecule has 3 nitrogen and oxygen atoms in total. The highest BCUT2D eigenvalue weighted by atomic mass is 16.2. The number of rotatable bonds is 5. The molecule has 2 fully saturated rings. The summed E-state index contributed by atoms with van der Waals surface area (Å²) < 4.78 is 0. The standard InChI is InChI=1S/C20H21NO2/c22-19-17-15-10-11-16(13-15)18(17)20(23)21(19)12-6-2-5-9-14-7-3-1-4-8-14/h1-5,7-8,10-11,15-18H,6,9,12-13H2. The van der Waals surface area contributed by atoms with Crippen molar-refractivity contribution in [3.05, 3.63) is 60.2 Å². The molecule has 4 unspecified atom stereocenters. The van der Waals surface area contributed by atoms with Gasteiger partial charge in [0.1, 0.15) is 0 Å². The quantitative estimate of drug-likeness (QED) is 0.619. The average molecular weight is 307 g/mol. The van der Waals surface area contributed by atoms with Gasteiger partial charge in [-0.05, 0) is 36.7 Å². The van der Waals surface area contributed by atoms with Crippen LogP contribution in [-0.2, 0) is 16.0 Å². The highest BCUT2D eigenvalue weighted by Crippen LogP contribution is 2.52. The highest BCUT2D eigenvalue weighted by molar-refractivity contribution is 6.06. The molecule has 1 saturated carbocycles. The van der Waals surface area contributed by atoms with Crippen molar-refractivity contribution in [3.63, 3.8) is 0 Å². The van der Waals surface area contributed by atoms with E-state index in [-0.39, 0.29) is 23.7 Å². The molecule has 3 aliphatic rings. The summed E-state index contributed by atoms with van der Waals surface area (Å²) in [5.74, 6) is 0.610. The first-order chi connectivity index (χ1) is 11.3. The van der Waals surface area contributed by atoms with Crippen LogP contribution in [0.4, 0.5) is 0 Å². The summed E-state index contributed by atoms with van der Waals surface area (Å²) in [6.45, 7) is 0.523. The molecule has 0 spiro atoms. The van der Waals surface area contributed by atoms with Gasteiger partial charge < -0.3 is 0 Å². The Morgan fingerprint density at radius 1 is 0.957 bits per heavy atom. The van der Waals surface area contributed by atoms with Gasteiger partial charge in [0.25, 0.3) is 0 Å². The zero-order chi connectivity index (χ0) is 15.8. The molecule has 2 bridgehead atoms. The Labute approximate surface area is 136 Å². The summed E-state index contributed by atoms with van der Waals surface area (Å²) in [5.41, 5.74) is 1.27. The first-order valence-corrected chi connectivity index (χ1v) is 8.48. The monoisotopic (exact) mass is 307 g/mol. The van der Waals surface area contributed by atoms with Crippen molar-refractivity contribution in [2.45, 2.75) is 19.3 Å². The number of carbonyl (C=O) groups excluding carboxylic acids is 2. The van der Waals surface area contributed by atoms with Gasteiger partial charge in [-0.15, -0.1) is 0 Å². The van der Waals surface area contributed by atoms with Gasteiger partial charge >= 0.3 is 0 Å². The number of allylic oxidation sites excluding steroid dienone is 3. The van der Waals surface area contributed by atoms with Gasteiger partial charge in [0.15, 0.2) is 0 Å². The summed E-state index contributed by atoms with van der Waals surface area (Å²) in [4.78, 5) is 26.5. The van der Waals surface area contributed by atoms with Crippen LogP contribution < -0.4 is 0 Å². The molecule has 118 valence electrons. The first-order valence-electron chi connectivity index (χ1n) is 8.48. The Bertz CT molecular complexity index is 646. The van der Waals surface area contributed by atoms with Crippen molar-refractivity contribution in [2.75, 3.05) is 6.54 Å². The van der Waals surface area contributed by atoms with Crippen LogP contribution >= 0.6 is 0 Å². The molecule has 2 amide bonds. The van der Waals surface area contributed by atoms with E-state index in [1.165, 1.54) is 10.5 Å². The minimum atomic E-state index is -0.0641. The molecule has 3 heteroatoms. The van der Waals surface area contributed by atoms with E-state index in [1.54, 1.807) is 0 Å². The van der Waals surface area contributed by atoms with E-state index < -0.39 is 0 Å². The normalized spacial score (nSPS) is 31.6. The lowest BCUT2D eigenvalue weighted by Gasteiger charge is -2.16.